The number of aryl methyl sites for hydroxylation is 1. The van der Waals surface area contributed by atoms with Gasteiger partial charge in [-0.25, -0.2) is 4.79 Å². The predicted octanol–water partition coefficient (Wildman–Crippen LogP) is 0.959. The Morgan fingerprint density at radius 3 is 2.42 bits per heavy atom. The molecule has 1 amide bonds. The van der Waals surface area contributed by atoms with Crippen LogP contribution in [-0.2, 0) is 16.0 Å². The van der Waals surface area contributed by atoms with E-state index in [0.29, 0.717) is 6.42 Å². The Kier molecular flexibility index (Phi) is 6.02. The maximum Gasteiger partial charge on any atom is 0.328 e. The standard InChI is InChI=1S/C14H19NO4/c1-10(16)13(14(18)19)15-12(17)9-5-8-11-6-3-2-4-7-11/h2-4,6-7,10,13,16H,5,8-9H2,1H3,(H,15,17)(H,18,19). The van der Waals surface area contributed by atoms with Crippen LogP contribution in [0, 0.1) is 0 Å². The normalized spacial score (nSPS) is 13.6. The van der Waals surface area contributed by atoms with E-state index in [2.05, 4.69) is 5.32 Å². The summed E-state index contributed by atoms with van der Waals surface area (Å²) >= 11 is 0. The van der Waals surface area contributed by atoms with Crippen LogP contribution in [0.5, 0.6) is 0 Å². The third kappa shape index (κ3) is 5.52. The molecule has 2 atom stereocenters. The van der Waals surface area contributed by atoms with E-state index in [0.717, 1.165) is 12.0 Å². The maximum atomic E-state index is 11.6. The van der Waals surface area contributed by atoms with Gasteiger partial charge in [-0.05, 0) is 25.3 Å². The van der Waals surface area contributed by atoms with Gasteiger partial charge < -0.3 is 15.5 Å². The molecule has 0 heterocycles. The highest BCUT2D eigenvalue weighted by atomic mass is 16.4. The minimum Gasteiger partial charge on any atom is -0.480 e. The molecule has 19 heavy (non-hydrogen) atoms. The average molecular weight is 265 g/mol. The van der Waals surface area contributed by atoms with Crippen LogP contribution in [0.25, 0.3) is 0 Å². The quantitative estimate of drug-likeness (QED) is 0.685. The van der Waals surface area contributed by atoms with E-state index in [-0.39, 0.29) is 12.3 Å². The van der Waals surface area contributed by atoms with Gasteiger partial charge in [-0.1, -0.05) is 30.3 Å². The first-order valence-corrected chi connectivity index (χ1v) is 6.25. The minimum absolute atomic E-state index is 0.241. The number of rotatable bonds is 7. The monoisotopic (exact) mass is 265 g/mol. The SMILES string of the molecule is CC(O)C(NC(=O)CCCc1ccccc1)C(=O)O. The highest BCUT2D eigenvalue weighted by Gasteiger charge is 2.24. The molecule has 5 nitrogen and oxygen atoms in total. The second-order valence-corrected chi connectivity index (χ2v) is 4.46. The molecular formula is C14H19NO4. The van der Waals surface area contributed by atoms with Crippen molar-refractivity contribution in [2.45, 2.75) is 38.3 Å². The summed E-state index contributed by atoms with van der Waals surface area (Å²) in [5.74, 6) is -1.59. The largest absolute Gasteiger partial charge is 0.480 e. The van der Waals surface area contributed by atoms with Crippen molar-refractivity contribution in [2.75, 3.05) is 0 Å². The Hall–Kier alpha value is -1.88. The Labute approximate surface area is 112 Å². The lowest BCUT2D eigenvalue weighted by Crippen LogP contribution is -2.47. The van der Waals surface area contributed by atoms with Crippen LogP contribution < -0.4 is 5.32 Å². The molecule has 3 N–H and O–H groups in total. The molecule has 1 aromatic rings. The van der Waals surface area contributed by atoms with E-state index in [1.54, 1.807) is 0 Å². The van der Waals surface area contributed by atoms with Crippen molar-refractivity contribution >= 4 is 11.9 Å². The molecule has 0 bridgehead atoms. The van der Waals surface area contributed by atoms with Gasteiger partial charge in [0.25, 0.3) is 0 Å². The maximum absolute atomic E-state index is 11.6. The summed E-state index contributed by atoms with van der Waals surface area (Å²) in [6, 6.07) is 8.51. The molecular weight excluding hydrogens is 246 g/mol. The fourth-order valence-electron chi connectivity index (χ4n) is 1.73. The molecule has 2 unspecified atom stereocenters. The molecule has 104 valence electrons. The van der Waals surface area contributed by atoms with Crippen molar-refractivity contribution in [2.24, 2.45) is 0 Å². The summed E-state index contributed by atoms with van der Waals surface area (Å²) in [4.78, 5) is 22.4. The smallest absolute Gasteiger partial charge is 0.328 e. The van der Waals surface area contributed by atoms with Gasteiger partial charge in [-0.3, -0.25) is 4.79 Å². The number of carboxylic acid groups (broad SMARTS) is 1. The first-order valence-electron chi connectivity index (χ1n) is 6.25. The second-order valence-electron chi connectivity index (χ2n) is 4.46. The van der Waals surface area contributed by atoms with Crippen molar-refractivity contribution in [3.63, 3.8) is 0 Å². The number of aliphatic hydroxyl groups excluding tert-OH is 1. The zero-order chi connectivity index (χ0) is 14.3. The zero-order valence-electron chi connectivity index (χ0n) is 10.9. The molecule has 0 radical (unpaired) electrons. The molecule has 1 rings (SSSR count). The van der Waals surface area contributed by atoms with Crippen molar-refractivity contribution in [1.29, 1.82) is 0 Å². The Bertz CT molecular complexity index is 417. The summed E-state index contributed by atoms with van der Waals surface area (Å²) in [5, 5.41) is 20.4. The molecule has 0 aromatic heterocycles. The highest BCUT2D eigenvalue weighted by Crippen LogP contribution is 2.05. The lowest BCUT2D eigenvalue weighted by molar-refractivity contribution is -0.144. The van der Waals surface area contributed by atoms with E-state index < -0.39 is 18.1 Å². The number of hydrogen-bond acceptors (Lipinski definition) is 3. The van der Waals surface area contributed by atoms with Crippen LogP contribution in [0.15, 0.2) is 30.3 Å². The first-order chi connectivity index (χ1) is 9.00. The average Bonchev–Trinajstić information content (AvgIpc) is 2.36. The number of nitrogens with one attached hydrogen (secondary N) is 1. The van der Waals surface area contributed by atoms with Crippen molar-refractivity contribution in [3.05, 3.63) is 35.9 Å². The van der Waals surface area contributed by atoms with Crippen molar-refractivity contribution in [1.82, 2.24) is 5.32 Å². The molecule has 0 spiro atoms. The minimum atomic E-state index is -1.25. The third-order valence-corrected chi connectivity index (χ3v) is 2.78. The molecule has 1 aromatic carbocycles. The summed E-state index contributed by atoms with van der Waals surface area (Å²) in [6.07, 6.45) is 0.532. The van der Waals surface area contributed by atoms with Gasteiger partial charge in [0.15, 0.2) is 6.04 Å². The van der Waals surface area contributed by atoms with E-state index in [1.165, 1.54) is 6.92 Å². The highest BCUT2D eigenvalue weighted by molar-refractivity contribution is 5.83. The van der Waals surface area contributed by atoms with Crippen molar-refractivity contribution < 1.29 is 19.8 Å². The van der Waals surface area contributed by atoms with E-state index >= 15 is 0 Å². The van der Waals surface area contributed by atoms with Crippen LogP contribution in [0.2, 0.25) is 0 Å². The number of carbonyl (C=O) groups excluding carboxylic acids is 1. The van der Waals surface area contributed by atoms with E-state index in [4.69, 9.17) is 5.11 Å². The zero-order valence-corrected chi connectivity index (χ0v) is 10.9. The van der Waals surface area contributed by atoms with Crippen LogP contribution >= 0.6 is 0 Å². The molecule has 0 aliphatic carbocycles. The molecule has 0 aliphatic heterocycles. The lowest BCUT2D eigenvalue weighted by atomic mass is 10.1. The number of benzene rings is 1. The fourth-order valence-corrected chi connectivity index (χ4v) is 1.73. The van der Waals surface area contributed by atoms with Gasteiger partial charge in [0.1, 0.15) is 0 Å². The lowest BCUT2D eigenvalue weighted by Gasteiger charge is -2.16. The number of aliphatic carboxylic acids is 1. The fraction of sp³-hybridized carbons (Fsp3) is 0.429. The Morgan fingerprint density at radius 1 is 1.26 bits per heavy atom. The van der Waals surface area contributed by atoms with Gasteiger partial charge in [0, 0.05) is 6.42 Å². The van der Waals surface area contributed by atoms with Gasteiger partial charge in [0.2, 0.25) is 5.91 Å². The molecule has 0 saturated heterocycles. The van der Waals surface area contributed by atoms with Gasteiger partial charge in [0.05, 0.1) is 6.10 Å². The number of carboxylic acids is 1. The topological polar surface area (TPSA) is 86.6 Å². The number of hydrogen-bond donors (Lipinski definition) is 3. The van der Waals surface area contributed by atoms with Crippen LogP contribution in [0.1, 0.15) is 25.3 Å². The summed E-state index contributed by atoms with van der Waals surface area (Å²) in [6.45, 7) is 1.34. The Balaban J connectivity index is 2.33. The summed E-state index contributed by atoms with van der Waals surface area (Å²) < 4.78 is 0. The molecule has 0 fully saturated rings. The number of carbonyl (C=O) groups is 2. The molecule has 5 heteroatoms. The van der Waals surface area contributed by atoms with Crippen LogP contribution in [0.3, 0.4) is 0 Å². The third-order valence-electron chi connectivity index (χ3n) is 2.78. The number of amides is 1. The van der Waals surface area contributed by atoms with Gasteiger partial charge >= 0.3 is 5.97 Å². The van der Waals surface area contributed by atoms with E-state index in [9.17, 15) is 14.7 Å². The van der Waals surface area contributed by atoms with Gasteiger partial charge in [-0.15, -0.1) is 0 Å². The summed E-state index contributed by atoms with van der Waals surface area (Å²) in [7, 11) is 0. The van der Waals surface area contributed by atoms with Crippen LogP contribution in [0.4, 0.5) is 0 Å². The van der Waals surface area contributed by atoms with Crippen LogP contribution in [-0.4, -0.2) is 34.2 Å². The van der Waals surface area contributed by atoms with Crippen molar-refractivity contribution in [3.8, 4) is 0 Å². The van der Waals surface area contributed by atoms with Gasteiger partial charge in [-0.2, -0.15) is 0 Å². The molecule has 0 aliphatic rings. The molecule has 0 saturated carbocycles. The summed E-state index contributed by atoms with van der Waals surface area (Å²) in [5.41, 5.74) is 1.14. The Morgan fingerprint density at radius 2 is 1.89 bits per heavy atom. The number of aliphatic hydroxyl groups is 1. The predicted molar refractivity (Wildman–Crippen MR) is 70.6 cm³/mol. The second kappa shape index (κ2) is 7.53. The van der Waals surface area contributed by atoms with E-state index in [1.807, 2.05) is 30.3 Å². The first kappa shape index (κ1) is 15.2.